The summed E-state index contributed by atoms with van der Waals surface area (Å²) in [6.07, 6.45) is -1.78. The summed E-state index contributed by atoms with van der Waals surface area (Å²) in [6, 6.07) is 0.126. The quantitative estimate of drug-likeness (QED) is 0.308. The number of hydrogen-bond donors (Lipinski definition) is 1. The fourth-order valence-electron chi connectivity index (χ4n) is 2.82. The number of hydrogen-bond acceptors (Lipinski definition) is 8. The second kappa shape index (κ2) is 9.01. The first-order valence-electron chi connectivity index (χ1n) is 8.21. The summed E-state index contributed by atoms with van der Waals surface area (Å²) in [5.74, 6) is -1.13. The Morgan fingerprint density at radius 1 is 1.44 bits per heavy atom. The third-order valence-corrected chi connectivity index (χ3v) is 3.86. The third-order valence-electron chi connectivity index (χ3n) is 3.86. The summed E-state index contributed by atoms with van der Waals surface area (Å²) in [4.78, 5) is 51.3. The number of carbonyl (C=O) groups is 2. The smallest absolute Gasteiger partial charge is 0.330 e. The molecule has 1 fully saturated rings. The first-order chi connectivity index (χ1) is 12.9. The van der Waals surface area contributed by atoms with E-state index < -0.39 is 47.7 Å². The lowest BCUT2D eigenvalue weighted by Crippen LogP contribution is -2.39. The van der Waals surface area contributed by atoms with Gasteiger partial charge in [-0.25, -0.2) is 4.79 Å². The molecular weight excluding hydrogens is 362 g/mol. The van der Waals surface area contributed by atoms with Crippen molar-refractivity contribution < 1.29 is 23.8 Å². The molecule has 1 saturated heterocycles. The van der Waals surface area contributed by atoms with E-state index in [0.717, 1.165) is 17.6 Å². The number of aromatic amines is 1. The molecule has 2 heterocycles. The fourth-order valence-corrected chi connectivity index (χ4v) is 2.82. The van der Waals surface area contributed by atoms with Crippen molar-refractivity contribution in [2.75, 3.05) is 6.61 Å². The van der Waals surface area contributed by atoms with E-state index in [4.69, 9.17) is 19.7 Å². The van der Waals surface area contributed by atoms with Gasteiger partial charge in [-0.05, 0) is 18.9 Å². The molecule has 0 aliphatic carbocycles. The molecule has 1 N–H and O–H groups in total. The summed E-state index contributed by atoms with van der Waals surface area (Å²) >= 11 is 0. The van der Waals surface area contributed by atoms with Gasteiger partial charge in [0, 0.05) is 30.5 Å². The number of aromatic nitrogens is 2. The first-order valence-corrected chi connectivity index (χ1v) is 8.21. The zero-order valence-electron chi connectivity index (χ0n) is 14.7. The van der Waals surface area contributed by atoms with Crippen LogP contribution < -0.4 is 11.2 Å². The van der Waals surface area contributed by atoms with Crippen molar-refractivity contribution in [1.29, 1.82) is 0 Å². The number of azide groups is 1. The maximum absolute atomic E-state index is 12.1. The number of nitrogens with zero attached hydrogens (tertiary/aromatic N) is 4. The lowest BCUT2D eigenvalue weighted by atomic mass is 10.0. The Hall–Kier alpha value is -3.11. The van der Waals surface area contributed by atoms with Crippen LogP contribution in [-0.2, 0) is 23.8 Å². The van der Waals surface area contributed by atoms with Gasteiger partial charge < -0.3 is 14.2 Å². The van der Waals surface area contributed by atoms with E-state index in [-0.39, 0.29) is 19.4 Å². The Bertz CT molecular complexity index is 857. The zero-order chi connectivity index (χ0) is 20.0. The molecular formula is C15H19N5O7. The Balaban J connectivity index is 2.34. The highest BCUT2D eigenvalue weighted by molar-refractivity contribution is 5.69. The van der Waals surface area contributed by atoms with E-state index >= 15 is 0 Å². The van der Waals surface area contributed by atoms with E-state index in [1.54, 1.807) is 6.92 Å². The van der Waals surface area contributed by atoms with Gasteiger partial charge >= 0.3 is 17.6 Å². The Morgan fingerprint density at radius 3 is 2.78 bits per heavy atom. The van der Waals surface area contributed by atoms with Crippen molar-refractivity contribution >= 4 is 11.9 Å². The molecule has 0 unspecified atom stereocenters. The lowest BCUT2D eigenvalue weighted by Gasteiger charge is -2.21. The average Bonchev–Trinajstić information content (AvgIpc) is 2.91. The predicted molar refractivity (Wildman–Crippen MR) is 89.6 cm³/mol. The van der Waals surface area contributed by atoms with Gasteiger partial charge in [0.05, 0.1) is 12.7 Å². The zero-order valence-corrected chi connectivity index (χ0v) is 14.7. The van der Waals surface area contributed by atoms with Crippen molar-refractivity contribution in [2.45, 2.75) is 51.2 Å². The van der Waals surface area contributed by atoms with Crippen LogP contribution in [0.15, 0.2) is 27.0 Å². The highest BCUT2D eigenvalue weighted by Crippen LogP contribution is 2.35. The highest BCUT2D eigenvalue weighted by atomic mass is 16.6. The predicted octanol–water partition coefficient (Wildman–Crippen LogP) is 0.388. The molecule has 0 amide bonds. The normalized spacial score (nSPS) is 24.1. The van der Waals surface area contributed by atoms with Crippen LogP contribution in [0.1, 0.15) is 32.9 Å². The second-order valence-corrected chi connectivity index (χ2v) is 5.70. The van der Waals surface area contributed by atoms with E-state index in [1.165, 1.54) is 6.20 Å². The number of nitrogens with one attached hydrogen (secondary N) is 1. The molecule has 1 aromatic heterocycles. The summed E-state index contributed by atoms with van der Waals surface area (Å²) in [5, 5.41) is 3.63. The van der Waals surface area contributed by atoms with Crippen LogP contribution >= 0.6 is 0 Å². The van der Waals surface area contributed by atoms with Gasteiger partial charge in [-0.1, -0.05) is 5.11 Å². The molecule has 0 aromatic carbocycles. The Labute approximate surface area is 152 Å². The van der Waals surface area contributed by atoms with Crippen LogP contribution in [0.5, 0.6) is 0 Å². The summed E-state index contributed by atoms with van der Waals surface area (Å²) in [5.41, 5.74) is 7.47. The van der Waals surface area contributed by atoms with E-state index in [0.29, 0.717) is 0 Å². The summed E-state index contributed by atoms with van der Waals surface area (Å²) in [7, 11) is 0. The molecule has 0 spiro atoms. The summed E-state index contributed by atoms with van der Waals surface area (Å²) < 4.78 is 16.9. The van der Waals surface area contributed by atoms with E-state index in [1.807, 2.05) is 0 Å². The maximum atomic E-state index is 12.1. The molecule has 0 saturated carbocycles. The molecule has 27 heavy (non-hydrogen) atoms. The van der Waals surface area contributed by atoms with Gasteiger partial charge in [-0.3, -0.25) is 23.9 Å². The standard InChI is InChI=1S/C15H19N5O7/c1-3-25-11(23)5-4-9-12(18-19-16)13(26-8(2)21)14(27-9)20-7-6-10(22)17-15(20)24/h6-7,9,12-14H,3-5H2,1-2H3,(H,17,22,24)/t9-,12-,13-,14-/m1/s1. The van der Waals surface area contributed by atoms with Crippen LogP contribution in [0, 0.1) is 0 Å². The molecule has 0 radical (unpaired) electrons. The van der Waals surface area contributed by atoms with Gasteiger partial charge in [0.2, 0.25) is 0 Å². The second-order valence-electron chi connectivity index (χ2n) is 5.70. The van der Waals surface area contributed by atoms with Crippen molar-refractivity contribution in [3.63, 3.8) is 0 Å². The van der Waals surface area contributed by atoms with Gasteiger partial charge in [0.15, 0.2) is 12.3 Å². The largest absolute Gasteiger partial charge is 0.466 e. The molecule has 12 heteroatoms. The number of ether oxygens (including phenoxy) is 3. The third kappa shape index (κ3) is 4.96. The SMILES string of the molecule is CCOC(=O)CC[C@H]1O[C@@H](n2ccc(=O)[nH]c2=O)[C@H](OC(C)=O)[C@@H]1N=[N+]=[N-]. The van der Waals surface area contributed by atoms with Crippen molar-refractivity contribution in [1.82, 2.24) is 9.55 Å². The number of rotatable bonds is 7. The monoisotopic (exact) mass is 381 g/mol. The molecule has 4 atom stereocenters. The number of esters is 2. The van der Waals surface area contributed by atoms with Gasteiger partial charge in [-0.2, -0.15) is 0 Å². The molecule has 2 rings (SSSR count). The minimum Gasteiger partial charge on any atom is -0.466 e. The average molecular weight is 381 g/mol. The lowest BCUT2D eigenvalue weighted by molar-refractivity contribution is -0.152. The Morgan fingerprint density at radius 2 is 2.19 bits per heavy atom. The van der Waals surface area contributed by atoms with Crippen molar-refractivity contribution in [2.24, 2.45) is 5.11 Å². The topological polar surface area (TPSA) is 165 Å². The van der Waals surface area contributed by atoms with E-state index in [9.17, 15) is 19.2 Å². The van der Waals surface area contributed by atoms with Crippen LogP contribution in [0.3, 0.4) is 0 Å². The van der Waals surface area contributed by atoms with Crippen LogP contribution in [0.2, 0.25) is 0 Å². The molecule has 1 aromatic rings. The number of H-pyrrole nitrogens is 1. The van der Waals surface area contributed by atoms with E-state index in [2.05, 4.69) is 15.0 Å². The minimum atomic E-state index is -1.14. The van der Waals surface area contributed by atoms with Gasteiger partial charge in [0.25, 0.3) is 5.56 Å². The van der Waals surface area contributed by atoms with Gasteiger partial charge in [-0.15, -0.1) is 0 Å². The molecule has 0 bridgehead atoms. The molecule has 1 aliphatic rings. The maximum Gasteiger partial charge on any atom is 0.330 e. The molecule has 146 valence electrons. The number of carbonyl (C=O) groups excluding carboxylic acids is 2. The van der Waals surface area contributed by atoms with Crippen LogP contribution in [0.4, 0.5) is 0 Å². The van der Waals surface area contributed by atoms with Gasteiger partial charge in [0.1, 0.15) is 6.04 Å². The minimum absolute atomic E-state index is 0.0179. The van der Waals surface area contributed by atoms with Crippen LogP contribution in [-0.4, -0.2) is 46.3 Å². The van der Waals surface area contributed by atoms with Crippen molar-refractivity contribution in [3.8, 4) is 0 Å². The van der Waals surface area contributed by atoms with Crippen LogP contribution in [0.25, 0.3) is 10.4 Å². The highest BCUT2D eigenvalue weighted by Gasteiger charge is 2.47. The fraction of sp³-hybridized carbons (Fsp3) is 0.600. The molecule has 1 aliphatic heterocycles. The first kappa shape index (κ1) is 20.2. The van der Waals surface area contributed by atoms with Crippen molar-refractivity contribution in [3.05, 3.63) is 43.5 Å². The Kier molecular flexibility index (Phi) is 6.74. The summed E-state index contributed by atoms with van der Waals surface area (Å²) in [6.45, 7) is 3.05. The molecule has 12 nitrogen and oxygen atoms in total.